The SMILES string of the molecule is CCCCCCCCc1cc(-c2ccc(-c3cc(CCCCCCCC)c(-c4ccc(CCCCc5ccc(-c6sc(-c7ccc(-c8cc(CCCCCCCC)c(-c9ccc(C)s9)s8)s7)cc6CCCCCCCC)s5)s4)s3)s2)sc1-c1ccc(C)s1. The van der Waals surface area contributed by atoms with E-state index in [9.17, 15) is 0 Å². The molecule has 0 unspecified atom stereocenters. The molecule has 10 aromatic heterocycles. The van der Waals surface area contributed by atoms with Crippen LogP contribution in [0.15, 0.2) is 97.1 Å². The standard InChI is InChI=1S/C78H98S10/c1-7-11-15-19-23-27-33-57-51-71(85-75(57)67-43-39-55(5)79-67)63-47-49-65(83-63)73-53-59(35-29-25-21-17-13-9-3)77(87-73)69-45-41-61(81-69)37-31-32-38-62-42-46-70(82-62)78-60(36-30-26-22-18-14-10-4)54-74(88-78)66-50-48-64(84-66)72-52-58(34-28-24-20-16-12-8-2)76(86-72)68-44-40-56(6)80-68/h39-54H,7-38H2,1-6H3. The Morgan fingerprint density at radius 3 is 0.716 bits per heavy atom. The molecular weight excluding hydrogens is 1260 g/mol. The molecule has 0 aromatic carbocycles. The minimum atomic E-state index is 1.16. The lowest BCUT2D eigenvalue weighted by Crippen LogP contribution is -1.86. The van der Waals surface area contributed by atoms with Gasteiger partial charge in [-0.25, -0.2) is 0 Å². The Kier molecular flexibility index (Phi) is 27.7. The summed E-state index contributed by atoms with van der Waals surface area (Å²) in [5.74, 6) is 0. The van der Waals surface area contributed by atoms with Crippen LogP contribution in [0.2, 0.25) is 0 Å². The predicted octanol–water partition coefficient (Wildman–Crippen LogP) is 30.4. The maximum atomic E-state index is 2.59. The van der Waals surface area contributed by atoms with Crippen LogP contribution in [-0.2, 0) is 38.5 Å². The summed E-state index contributed by atoms with van der Waals surface area (Å²) in [4.78, 5) is 29.3. The predicted molar refractivity (Wildman–Crippen MR) is 410 cm³/mol. The van der Waals surface area contributed by atoms with Crippen LogP contribution in [0.3, 0.4) is 0 Å². The van der Waals surface area contributed by atoms with Gasteiger partial charge in [-0.05, 0) is 210 Å². The highest BCUT2D eigenvalue weighted by Crippen LogP contribution is 2.50. The van der Waals surface area contributed by atoms with Gasteiger partial charge in [-0.2, -0.15) is 0 Å². The van der Waals surface area contributed by atoms with Gasteiger partial charge in [0.1, 0.15) is 0 Å². The van der Waals surface area contributed by atoms with Gasteiger partial charge >= 0.3 is 0 Å². The van der Waals surface area contributed by atoms with E-state index in [1.54, 1.807) is 32.0 Å². The van der Waals surface area contributed by atoms with Gasteiger partial charge in [0.25, 0.3) is 0 Å². The second kappa shape index (κ2) is 35.9. The number of rotatable bonds is 41. The van der Waals surface area contributed by atoms with Crippen molar-refractivity contribution in [3.8, 4) is 78.0 Å². The third-order valence-corrected chi connectivity index (χ3v) is 30.1. The number of aryl methyl sites for hydroxylation is 8. The summed E-state index contributed by atoms with van der Waals surface area (Å²) in [6.45, 7) is 13.8. The molecule has 0 bridgehead atoms. The number of hydrogen-bond donors (Lipinski definition) is 0. The summed E-state index contributed by atoms with van der Waals surface area (Å²) in [7, 11) is 0. The summed E-state index contributed by atoms with van der Waals surface area (Å²) in [6, 6.07) is 39.1. The zero-order valence-electron chi connectivity index (χ0n) is 53.9. The van der Waals surface area contributed by atoms with Crippen molar-refractivity contribution in [3.05, 3.63) is 139 Å². The van der Waals surface area contributed by atoms with Crippen LogP contribution in [0.5, 0.6) is 0 Å². The van der Waals surface area contributed by atoms with Crippen molar-refractivity contribution in [3.63, 3.8) is 0 Å². The smallest absolute Gasteiger partial charge is 0.0481 e. The van der Waals surface area contributed by atoms with Crippen molar-refractivity contribution >= 4 is 113 Å². The van der Waals surface area contributed by atoms with Gasteiger partial charge < -0.3 is 0 Å². The number of hydrogen-bond acceptors (Lipinski definition) is 10. The molecule has 88 heavy (non-hydrogen) atoms. The van der Waals surface area contributed by atoms with E-state index < -0.39 is 0 Å². The summed E-state index contributed by atoms with van der Waals surface area (Å²) < 4.78 is 0. The van der Waals surface area contributed by atoms with Crippen LogP contribution >= 0.6 is 113 Å². The van der Waals surface area contributed by atoms with Crippen molar-refractivity contribution in [1.29, 1.82) is 0 Å². The monoisotopic (exact) mass is 1350 g/mol. The fraction of sp³-hybridized carbons (Fsp3) is 0.487. The van der Waals surface area contributed by atoms with Gasteiger partial charge in [0.2, 0.25) is 0 Å². The fourth-order valence-corrected chi connectivity index (χ4v) is 23.9. The van der Waals surface area contributed by atoms with E-state index in [2.05, 4.69) is 184 Å². The second-order valence-electron chi connectivity index (χ2n) is 24.8. The molecule has 0 saturated heterocycles. The quantitative estimate of drug-likeness (QED) is 0.0335. The van der Waals surface area contributed by atoms with Crippen molar-refractivity contribution in [2.24, 2.45) is 0 Å². The van der Waals surface area contributed by atoms with Gasteiger partial charge in [-0.1, -0.05) is 156 Å². The van der Waals surface area contributed by atoms with Crippen LogP contribution in [0, 0.1) is 13.8 Å². The first kappa shape index (κ1) is 67.9. The second-order valence-corrected chi connectivity index (χ2v) is 36.1. The van der Waals surface area contributed by atoms with E-state index in [1.807, 2.05) is 68.0 Å². The Labute approximate surface area is 571 Å². The highest BCUT2D eigenvalue weighted by molar-refractivity contribution is 7.31. The molecule has 470 valence electrons. The Morgan fingerprint density at radius 2 is 0.443 bits per heavy atom. The number of unbranched alkanes of at least 4 members (excludes halogenated alkanes) is 21. The Balaban J connectivity index is 0.795. The molecule has 0 atom stereocenters. The van der Waals surface area contributed by atoms with E-state index in [4.69, 9.17) is 0 Å². The molecule has 10 heteroatoms. The molecule has 0 aliphatic rings. The van der Waals surface area contributed by atoms with E-state index >= 15 is 0 Å². The third kappa shape index (κ3) is 19.3. The summed E-state index contributed by atoms with van der Waals surface area (Å²) >= 11 is 20.2. The maximum Gasteiger partial charge on any atom is 0.0481 e. The van der Waals surface area contributed by atoms with Crippen molar-refractivity contribution < 1.29 is 0 Å². The molecular formula is C78H98S10. The Bertz CT molecular complexity index is 3370. The van der Waals surface area contributed by atoms with Crippen LogP contribution < -0.4 is 0 Å². The molecule has 0 amide bonds. The Hall–Kier alpha value is -3.00. The zero-order chi connectivity index (χ0) is 60.9. The van der Waals surface area contributed by atoms with E-state index in [0.29, 0.717) is 0 Å². The minimum absolute atomic E-state index is 1.16. The molecule has 0 spiro atoms. The van der Waals surface area contributed by atoms with Crippen LogP contribution in [0.4, 0.5) is 0 Å². The summed E-state index contributed by atoms with van der Waals surface area (Å²) in [5, 5.41) is 0. The first-order valence-electron chi connectivity index (χ1n) is 34.3. The normalized spacial score (nSPS) is 11.8. The van der Waals surface area contributed by atoms with Gasteiger partial charge in [-0.3, -0.25) is 0 Å². The fourth-order valence-electron chi connectivity index (χ4n) is 12.3. The molecule has 0 saturated carbocycles. The maximum absolute atomic E-state index is 2.59. The third-order valence-electron chi connectivity index (χ3n) is 17.4. The van der Waals surface area contributed by atoms with E-state index in [1.165, 1.54) is 280 Å². The van der Waals surface area contributed by atoms with Crippen molar-refractivity contribution in [1.82, 2.24) is 0 Å². The lowest BCUT2D eigenvalue weighted by atomic mass is 10.0. The molecule has 0 aliphatic carbocycles. The molecule has 10 aromatic rings. The molecule has 10 rings (SSSR count). The largest absolute Gasteiger partial charge is 0.140 e. The molecule has 0 nitrogen and oxygen atoms in total. The van der Waals surface area contributed by atoms with Crippen LogP contribution in [0.25, 0.3) is 78.0 Å². The molecule has 0 N–H and O–H groups in total. The minimum Gasteiger partial charge on any atom is -0.140 e. The topological polar surface area (TPSA) is 0 Å². The summed E-state index contributed by atoms with van der Waals surface area (Å²) in [6.07, 6.45) is 41.7. The molecule has 10 heterocycles. The molecule has 0 fully saturated rings. The van der Waals surface area contributed by atoms with Crippen molar-refractivity contribution in [2.45, 2.75) is 247 Å². The van der Waals surface area contributed by atoms with Gasteiger partial charge in [0.05, 0.1) is 0 Å². The highest BCUT2D eigenvalue weighted by Gasteiger charge is 2.22. The Morgan fingerprint density at radius 1 is 0.205 bits per heavy atom. The van der Waals surface area contributed by atoms with Gasteiger partial charge in [-0.15, -0.1) is 113 Å². The van der Waals surface area contributed by atoms with E-state index in [0.717, 1.165) is 12.8 Å². The lowest BCUT2D eigenvalue weighted by Gasteiger charge is -2.03. The zero-order valence-corrected chi connectivity index (χ0v) is 62.1. The summed E-state index contributed by atoms with van der Waals surface area (Å²) in [5.41, 5.74) is 6.25. The average molecular weight is 1360 g/mol. The highest BCUT2D eigenvalue weighted by atomic mass is 32.1. The first-order chi connectivity index (χ1) is 43.3. The van der Waals surface area contributed by atoms with E-state index in [-0.39, 0.29) is 0 Å². The van der Waals surface area contributed by atoms with Crippen LogP contribution in [0.1, 0.15) is 236 Å². The van der Waals surface area contributed by atoms with Crippen LogP contribution in [-0.4, -0.2) is 0 Å². The van der Waals surface area contributed by atoms with Crippen molar-refractivity contribution in [2.75, 3.05) is 0 Å². The van der Waals surface area contributed by atoms with Gasteiger partial charge in [0.15, 0.2) is 0 Å². The van der Waals surface area contributed by atoms with Gasteiger partial charge in [0, 0.05) is 97.5 Å². The first-order valence-corrected chi connectivity index (χ1v) is 42.5. The lowest BCUT2D eigenvalue weighted by molar-refractivity contribution is 0.608. The average Bonchev–Trinajstić information content (AvgIpc) is 3.89. The number of thiophene rings is 10. The molecule has 0 radical (unpaired) electrons. The molecule has 0 aliphatic heterocycles.